The normalized spacial score (nSPS) is 32.0. The Bertz CT molecular complexity index is 379. The third-order valence-corrected chi connectivity index (χ3v) is 5.69. The SMILES string of the molecule is CC1CCCC(CO)N1CC(=O)N(C1CC1)C(C)C1CC1. The van der Waals surface area contributed by atoms with E-state index in [4.69, 9.17) is 0 Å². The van der Waals surface area contributed by atoms with Gasteiger partial charge in [0, 0.05) is 24.2 Å². The van der Waals surface area contributed by atoms with Crippen molar-refractivity contribution in [2.45, 2.75) is 83.0 Å². The van der Waals surface area contributed by atoms with Crippen molar-refractivity contribution < 1.29 is 9.90 Å². The standard InChI is InChI=1S/C17H30N2O2/c1-12-4-3-5-16(11-20)18(12)10-17(21)19(15-8-9-15)13(2)14-6-7-14/h12-16,20H,3-11H2,1-2H3. The van der Waals surface area contributed by atoms with Gasteiger partial charge in [0.2, 0.25) is 5.91 Å². The van der Waals surface area contributed by atoms with E-state index in [2.05, 4.69) is 23.6 Å². The van der Waals surface area contributed by atoms with E-state index < -0.39 is 0 Å². The van der Waals surface area contributed by atoms with Crippen molar-refractivity contribution in [2.24, 2.45) is 5.92 Å². The summed E-state index contributed by atoms with van der Waals surface area (Å²) in [5.41, 5.74) is 0. The molecule has 120 valence electrons. The smallest absolute Gasteiger partial charge is 0.237 e. The molecule has 3 atom stereocenters. The maximum Gasteiger partial charge on any atom is 0.237 e. The Morgan fingerprint density at radius 1 is 1.24 bits per heavy atom. The summed E-state index contributed by atoms with van der Waals surface area (Å²) in [7, 11) is 0. The number of rotatable bonds is 6. The number of piperidine rings is 1. The van der Waals surface area contributed by atoms with E-state index in [9.17, 15) is 9.90 Å². The van der Waals surface area contributed by atoms with Crippen molar-refractivity contribution in [1.29, 1.82) is 0 Å². The number of hydrogen-bond donors (Lipinski definition) is 1. The first-order valence-electron chi connectivity index (χ1n) is 8.79. The average Bonchev–Trinajstić information content (AvgIpc) is 3.33. The molecule has 1 heterocycles. The van der Waals surface area contributed by atoms with Gasteiger partial charge in [0.1, 0.15) is 0 Å². The van der Waals surface area contributed by atoms with Crippen molar-refractivity contribution >= 4 is 5.91 Å². The third kappa shape index (κ3) is 3.42. The Kier molecular flexibility index (Phi) is 4.55. The van der Waals surface area contributed by atoms with Crippen LogP contribution in [0.3, 0.4) is 0 Å². The summed E-state index contributed by atoms with van der Waals surface area (Å²) < 4.78 is 0. The highest BCUT2D eigenvalue weighted by Crippen LogP contribution is 2.40. The second-order valence-corrected chi connectivity index (χ2v) is 7.40. The maximum absolute atomic E-state index is 12.9. The van der Waals surface area contributed by atoms with Crippen molar-refractivity contribution in [1.82, 2.24) is 9.80 Å². The lowest BCUT2D eigenvalue weighted by Gasteiger charge is -2.41. The van der Waals surface area contributed by atoms with Crippen LogP contribution in [0.5, 0.6) is 0 Å². The van der Waals surface area contributed by atoms with Crippen LogP contribution < -0.4 is 0 Å². The topological polar surface area (TPSA) is 43.8 Å². The molecule has 0 aromatic heterocycles. The summed E-state index contributed by atoms with van der Waals surface area (Å²) in [6, 6.07) is 1.51. The molecule has 3 aliphatic rings. The van der Waals surface area contributed by atoms with Gasteiger partial charge in [-0.15, -0.1) is 0 Å². The lowest BCUT2D eigenvalue weighted by Crippen LogP contribution is -2.53. The molecule has 0 aromatic carbocycles. The second kappa shape index (κ2) is 6.25. The third-order valence-electron chi connectivity index (χ3n) is 5.69. The first kappa shape index (κ1) is 15.3. The van der Waals surface area contributed by atoms with Crippen molar-refractivity contribution in [3.63, 3.8) is 0 Å². The number of carbonyl (C=O) groups excluding carboxylic acids is 1. The minimum atomic E-state index is 0.176. The van der Waals surface area contributed by atoms with Gasteiger partial charge in [-0.1, -0.05) is 6.42 Å². The van der Waals surface area contributed by atoms with E-state index >= 15 is 0 Å². The number of aliphatic hydroxyl groups excluding tert-OH is 1. The molecule has 4 nitrogen and oxygen atoms in total. The maximum atomic E-state index is 12.9. The van der Waals surface area contributed by atoms with Gasteiger partial charge >= 0.3 is 0 Å². The van der Waals surface area contributed by atoms with Gasteiger partial charge in [-0.05, 0) is 58.3 Å². The number of hydrogen-bond acceptors (Lipinski definition) is 3. The lowest BCUT2D eigenvalue weighted by atomic mass is 9.96. The molecule has 1 aliphatic heterocycles. The van der Waals surface area contributed by atoms with Crippen LogP contribution in [0.1, 0.15) is 58.8 Å². The molecule has 1 amide bonds. The largest absolute Gasteiger partial charge is 0.395 e. The van der Waals surface area contributed by atoms with E-state index in [1.165, 1.54) is 32.1 Å². The van der Waals surface area contributed by atoms with E-state index in [-0.39, 0.29) is 12.6 Å². The predicted octanol–water partition coefficient (Wildman–Crippen LogP) is 2.01. The van der Waals surface area contributed by atoms with Crippen LogP contribution in [0.2, 0.25) is 0 Å². The first-order valence-corrected chi connectivity index (χ1v) is 8.79. The Balaban J connectivity index is 1.64. The molecule has 3 rings (SSSR count). The van der Waals surface area contributed by atoms with Crippen LogP contribution in [0.15, 0.2) is 0 Å². The molecule has 0 spiro atoms. The monoisotopic (exact) mass is 294 g/mol. The zero-order valence-corrected chi connectivity index (χ0v) is 13.5. The molecule has 2 aliphatic carbocycles. The van der Waals surface area contributed by atoms with Gasteiger partial charge in [0.05, 0.1) is 13.2 Å². The summed E-state index contributed by atoms with van der Waals surface area (Å²) in [5, 5.41) is 9.59. The van der Waals surface area contributed by atoms with Crippen molar-refractivity contribution in [2.75, 3.05) is 13.2 Å². The fraction of sp³-hybridized carbons (Fsp3) is 0.941. The molecular formula is C17H30N2O2. The molecule has 0 bridgehead atoms. The number of aliphatic hydroxyl groups is 1. The lowest BCUT2D eigenvalue weighted by molar-refractivity contribution is -0.137. The summed E-state index contributed by atoms with van der Waals surface area (Å²) in [6.07, 6.45) is 8.28. The van der Waals surface area contributed by atoms with Gasteiger partial charge in [-0.3, -0.25) is 9.69 Å². The van der Waals surface area contributed by atoms with Crippen molar-refractivity contribution in [3.05, 3.63) is 0 Å². The summed E-state index contributed by atoms with van der Waals surface area (Å²) in [5.74, 6) is 1.03. The molecule has 3 fully saturated rings. The Hall–Kier alpha value is -0.610. The molecule has 4 heteroatoms. The highest BCUT2D eigenvalue weighted by molar-refractivity contribution is 5.79. The average molecular weight is 294 g/mol. The van der Waals surface area contributed by atoms with Crippen LogP contribution >= 0.6 is 0 Å². The number of carbonyl (C=O) groups is 1. The molecule has 2 saturated carbocycles. The molecular weight excluding hydrogens is 264 g/mol. The summed E-state index contributed by atoms with van der Waals surface area (Å²) >= 11 is 0. The second-order valence-electron chi connectivity index (χ2n) is 7.40. The summed E-state index contributed by atoms with van der Waals surface area (Å²) in [4.78, 5) is 17.3. The zero-order valence-electron chi connectivity index (χ0n) is 13.5. The Morgan fingerprint density at radius 3 is 2.52 bits per heavy atom. The van der Waals surface area contributed by atoms with Crippen LogP contribution in [0.25, 0.3) is 0 Å². The highest BCUT2D eigenvalue weighted by atomic mass is 16.3. The molecule has 0 aromatic rings. The number of nitrogens with zero attached hydrogens (tertiary/aromatic N) is 2. The predicted molar refractivity (Wildman–Crippen MR) is 82.9 cm³/mol. The minimum Gasteiger partial charge on any atom is -0.395 e. The van der Waals surface area contributed by atoms with Crippen LogP contribution in [0.4, 0.5) is 0 Å². The fourth-order valence-corrected chi connectivity index (χ4v) is 3.98. The quantitative estimate of drug-likeness (QED) is 0.815. The Labute approximate surface area is 128 Å². The summed E-state index contributed by atoms with van der Waals surface area (Å²) in [6.45, 7) is 5.11. The zero-order chi connectivity index (χ0) is 15.0. The van der Waals surface area contributed by atoms with Gasteiger partial charge in [-0.25, -0.2) is 0 Å². The highest BCUT2D eigenvalue weighted by Gasteiger charge is 2.42. The van der Waals surface area contributed by atoms with E-state index in [1.54, 1.807) is 0 Å². The van der Waals surface area contributed by atoms with E-state index in [1.807, 2.05) is 0 Å². The van der Waals surface area contributed by atoms with Crippen LogP contribution in [-0.4, -0.2) is 58.1 Å². The first-order chi connectivity index (χ1) is 10.1. The van der Waals surface area contributed by atoms with Crippen LogP contribution in [-0.2, 0) is 4.79 Å². The van der Waals surface area contributed by atoms with Gasteiger partial charge in [-0.2, -0.15) is 0 Å². The van der Waals surface area contributed by atoms with Crippen LogP contribution in [0, 0.1) is 5.92 Å². The van der Waals surface area contributed by atoms with Gasteiger partial charge in [0.15, 0.2) is 0 Å². The molecule has 1 saturated heterocycles. The molecule has 1 N–H and O–H groups in total. The molecule has 3 unspecified atom stereocenters. The Morgan fingerprint density at radius 2 is 1.95 bits per heavy atom. The molecule has 0 radical (unpaired) electrons. The number of amides is 1. The fourth-order valence-electron chi connectivity index (χ4n) is 3.98. The van der Waals surface area contributed by atoms with Gasteiger partial charge < -0.3 is 10.0 Å². The molecule has 21 heavy (non-hydrogen) atoms. The van der Waals surface area contributed by atoms with E-state index in [0.29, 0.717) is 30.6 Å². The van der Waals surface area contributed by atoms with E-state index in [0.717, 1.165) is 18.8 Å². The van der Waals surface area contributed by atoms with Crippen molar-refractivity contribution in [3.8, 4) is 0 Å². The minimum absolute atomic E-state index is 0.176. The number of likely N-dealkylation sites (tertiary alicyclic amines) is 1. The van der Waals surface area contributed by atoms with Gasteiger partial charge in [0.25, 0.3) is 0 Å².